The fraction of sp³-hybridized carbons (Fsp3) is 0.400. The molecular formula is C20H25NO4S. The Morgan fingerprint density at radius 3 is 2.73 bits per heavy atom. The number of aliphatic hydroxyl groups excluding tert-OH is 1. The Kier molecular flexibility index (Phi) is 9.79. The van der Waals surface area contributed by atoms with Crippen molar-refractivity contribution in [2.75, 3.05) is 19.0 Å². The van der Waals surface area contributed by atoms with Crippen molar-refractivity contribution in [3.63, 3.8) is 0 Å². The van der Waals surface area contributed by atoms with Crippen molar-refractivity contribution >= 4 is 17.7 Å². The number of hydrogen-bond donors (Lipinski definition) is 1. The smallest absolute Gasteiger partial charge is 0.306 e. The van der Waals surface area contributed by atoms with Gasteiger partial charge in [0.15, 0.2) is 0 Å². The Hall–Kier alpha value is -1.89. The summed E-state index contributed by atoms with van der Waals surface area (Å²) in [4.78, 5) is 15.7. The molecule has 2 rings (SSSR count). The van der Waals surface area contributed by atoms with Crippen LogP contribution < -0.4 is 0 Å². The van der Waals surface area contributed by atoms with Gasteiger partial charge < -0.3 is 14.6 Å². The van der Waals surface area contributed by atoms with Gasteiger partial charge in [0, 0.05) is 36.9 Å². The van der Waals surface area contributed by atoms with Gasteiger partial charge in [-0.1, -0.05) is 36.4 Å². The lowest BCUT2D eigenvalue weighted by atomic mass is 10.2. The third-order valence-electron chi connectivity index (χ3n) is 3.52. The van der Waals surface area contributed by atoms with E-state index in [9.17, 15) is 9.90 Å². The molecule has 0 amide bonds. The standard InChI is InChI=1S/C20H25NO4S/c22-19(16-26-15-18-8-4-10-21-12-18)14-24-11-5-9-20(23)25-13-17-6-2-1-3-7-17/h1-4,6-8,10,12,19,22H,5,9,11,13-16H2. The Morgan fingerprint density at radius 1 is 1.15 bits per heavy atom. The lowest BCUT2D eigenvalue weighted by molar-refractivity contribution is -0.145. The first-order chi connectivity index (χ1) is 12.7. The van der Waals surface area contributed by atoms with E-state index in [1.807, 2.05) is 48.7 Å². The Labute approximate surface area is 158 Å². The van der Waals surface area contributed by atoms with E-state index in [0.717, 1.165) is 16.9 Å². The monoisotopic (exact) mass is 375 g/mol. The highest BCUT2D eigenvalue weighted by molar-refractivity contribution is 7.98. The van der Waals surface area contributed by atoms with E-state index in [1.54, 1.807) is 18.0 Å². The van der Waals surface area contributed by atoms with Gasteiger partial charge in [0.25, 0.3) is 0 Å². The number of carbonyl (C=O) groups excluding carboxylic acids is 1. The van der Waals surface area contributed by atoms with E-state index in [1.165, 1.54) is 0 Å². The van der Waals surface area contributed by atoms with Crippen LogP contribution in [-0.4, -0.2) is 41.1 Å². The number of carbonyl (C=O) groups is 1. The second-order valence-electron chi connectivity index (χ2n) is 5.85. The molecule has 1 N–H and O–H groups in total. The number of thioether (sulfide) groups is 1. The average Bonchev–Trinajstić information content (AvgIpc) is 2.68. The van der Waals surface area contributed by atoms with E-state index in [4.69, 9.17) is 9.47 Å². The number of pyridine rings is 1. The molecule has 26 heavy (non-hydrogen) atoms. The normalized spacial score (nSPS) is 11.9. The van der Waals surface area contributed by atoms with Gasteiger partial charge in [-0.15, -0.1) is 0 Å². The van der Waals surface area contributed by atoms with Gasteiger partial charge in [0.05, 0.1) is 12.7 Å². The third kappa shape index (κ3) is 8.99. The number of rotatable bonds is 12. The van der Waals surface area contributed by atoms with Crippen LogP contribution in [0.25, 0.3) is 0 Å². The van der Waals surface area contributed by atoms with E-state index >= 15 is 0 Å². The SMILES string of the molecule is O=C(CCCOCC(O)CSCc1cccnc1)OCc1ccccc1. The maximum Gasteiger partial charge on any atom is 0.306 e. The molecule has 0 radical (unpaired) electrons. The molecule has 1 atom stereocenters. The summed E-state index contributed by atoms with van der Waals surface area (Å²) in [6.07, 6.45) is 3.96. The van der Waals surface area contributed by atoms with Crippen molar-refractivity contribution in [2.45, 2.75) is 31.3 Å². The average molecular weight is 375 g/mol. The first-order valence-electron chi connectivity index (χ1n) is 8.66. The second kappa shape index (κ2) is 12.5. The van der Waals surface area contributed by atoms with Gasteiger partial charge >= 0.3 is 5.97 Å². The number of ether oxygens (including phenoxy) is 2. The minimum absolute atomic E-state index is 0.231. The fourth-order valence-electron chi connectivity index (χ4n) is 2.19. The van der Waals surface area contributed by atoms with Gasteiger partial charge in [0.1, 0.15) is 6.61 Å². The molecule has 0 fully saturated rings. The van der Waals surface area contributed by atoms with Crippen LogP contribution >= 0.6 is 11.8 Å². The van der Waals surface area contributed by atoms with Gasteiger partial charge in [-0.3, -0.25) is 9.78 Å². The number of benzene rings is 1. The molecule has 140 valence electrons. The summed E-state index contributed by atoms with van der Waals surface area (Å²) in [6, 6.07) is 13.5. The molecule has 1 aromatic heterocycles. The molecule has 5 nitrogen and oxygen atoms in total. The number of aliphatic hydroxyl groups is 1. The van der Waals surface area contributed by atoms with E-state index in [-0.39, 0.29) is 12.6 Å². The molecule has 6 heteroatoms. The predicted octanol–water partition coefficient (Wildman–Crippen LogP) is 3.22. The predicted molar refractivity (Wildman–Crippen MR) is 103 cm³/mol. The van der Waals surface area contributed by atoms with E-state index in [2.05, 4.69) is 4.98 Å². The number of esters is 1. The third-order valence-corrected chi connectivity index (χ3v) is 4.68. The highest BCUT2D eigenvalue weighted by Crippen LogP contribution is 2.12. The Balaban J connectivity index is 1.44. The number of nitrogens with zero attached hydrogens (tertiary/aromatic N) is 1. The van der Waals surface area contributed by atoms with Gasteiger partial charge in [0.2, 0.25) is 0 Å². The maximum atomic E-state index is 11.7. The molecule has 0 saturated heterocycles. The van der Waals surface area contributed by atoms with Crippen LogP contribution in [0.4, 0.5) is 0 Å². The van der Waals surface area contributed by atoms with Crippen molar-refractivity contribution < 1.29 is 19.4 Å². The second-order valence-corrected chi connectivity index (χ2v) is 6.89. The molecule has 0 aliphatic carbocycles. The molecule has 1 heterocycles. The van der Waals surface area contributed by atoms with Crippen molar-refractivity contribution in [3.05, 3.63) is 66.0 Å². The molecular weight excluding hydrogens is 350 g/mol. The Bertz CT molecular complexity index is 624. The molecule has 2 aromatic rings. The lowest BCUT2D eigenvalue weighted by Crippen LogP contribution is -2.18. The Morgan fingerprint density at radius 2 is 1.96 bits per heavy atom. The zero-order valence-electron chi connectivity index (χ0n) is 14.8. The minimum Gasteiger partial charge on any atom is -0.461 e. The summed E-state index contributed by atoms with van der Waals surface area (Å²) in [5, 5.41) is 9.89. The van der Waals surface area contributed by atoms with Crippen molar-refractivity contribution in [1.29, 1.82) is 0 Å². The number of aromatic nitrogens is 1. The van der Waals surface area contributed by atoms with Crippen LogP contribution in [0.1, 0.15) is 24.0 Å². The van der Waals surface area contributed by atoms with Crippen LogP contribution in [0.2, 0.25) is 0 Å². The van der Waals surface area contributed by atoms with Crippen LogP contribution in [0.3, 0.4) is 0 Å². The molecule has 0 aliphatic heterocycles. The fourth-order valence-corrected chi connectivity index (χ4v) is 3.09. The summed E-state index contributed by atoms with van der Waals surface area (Å²) in [5.74, 6) is 1.19. The molecule has 0 bridgehead atoms. The number of hydrogen-bond acceptors (Lipinski definition) is 6. The highest BCUT2D eigenvalue weighted by atomic mass is 32.2. The summed E-state index contributed by atoms with van der Waals surface area (Å²) in [7, 11) is 0. The largest absolute Gasteiger partial charge is 0.461 e. The van der Waals surface area contributed by atoms with Crippen molar-refractivity contribution in [3.8, 4) is 0 Å². The summed E-state index contributed by atoms with van der Waals surface area (Å²) in [5.41, 5.74) is 2.11. The quantitative estimate of drug-likeness (QED) is 0.454. The molecule has 0 spiro atoms. The first-order valence-corrected chi connectivity index (χ1v) is 9.81. The topological polar surface area (TPSA) is 68.7 Å². The van der Waals surface area contributed by atoms with Crippen molar-refractivity contribution in [1.82, 2.24) is 4.98 Å². The van der Waals surface area contributed by atoms with Crippen LogP contribution in [0.5, 0.6) is 0 Å². The molecule has 1 unspecified atom stereocenters. The van der Waals surface area contributed by atoms with Crippen LogP contribution in [0.15, 0.2) is 54.9 Å². The summed E-state index contributed by atoms with van der Waals surface area (Å²) < 4.78 is 10.6. The van der Waals surface area contributed by atoms with Crippen LogP contribution in [0, 0.1) is 0 Å². The first kappa shape index (κ1) is 20.4. The van der Waals surface area contributed by atoms with Crippen molar-refractivity contribution in [2.24, 2.45) is 0 Å². The molecule has 1 aromatic carbocycles. The zero-order chi connectivity index (χ0) is 18.5. The summed E-state index contributed by atoms with van der Waals surface area (Å²) in [6.45, 7) is 1.01. The molecule has 0 aliphatic rings. The highest BCUT2D eigenvalue weighted by Gasteiger charge is 2.07. The molecule has 0 saturated carbocycles. The van der Waals surface area contributed by atoms with Gasteiger partial charge in [-0.25, -0.2) is 0 Å². The zero-order valence-corrected chi connectivity index (χ0v) is 15.6. The van der Waals surface area contributed by atoms with Crippen LogP contribution in [-0.2, 0) is 26.6 Å². The van der Waals surface area contributed by atoms with E-state index < -0.39 is 6.10 Å². The van der Waals surface area contributed by atoms with E-state index in [0.29, 0.717) is 31.8 Å². The van der Waals surface area contributed by atoms with Gasteiger partial charge in [-0.05, 0) is 23.6 Å². The van der Waals surface area contributed by atoms with Gasteiger partial charge in [-0.2, -0.15) is 11.8 Å². The lowest BCUT2D eigenvalue weighted by Gasteiger charge is -2.11. The maximum absolute atomic E-state index is 11.7. The summed E-state index contributed by atoms with van der Waals surface area (Å²) >= 11 is 1.64. The minimum atomic E-state index is -0.512.